The third-order valence-corrected chi connectivity index (χ3v) is 8.67. The van der Waals surface area contributed by atoms with Crippen LogP contribution in [0.2, 0.25) is 0 Å². The Bertz CT molecular complexity index is 1670. The predicted octanol–water partition coefficient (Wildman–Crippen LogP) is 5.27. The number of aromatic nitrogens is 6. The minimum atomic E-state index is -0.0623. The van der Waals surface area contributed by atoms with Crippen LogP contribution >= 0.6 is 0 Å². The van der Waals surface area contributed by atoms with Crippen LogP contribution in [-0.2, 0) is 28.4 Å². The third-order valence-electron chi connectivity index (χ3n) is 8.67. The Morgan fingerprint density at radius 3 is 2.64 bits per heavy atom. The molecule has 5 heterocycles. The average molecular weight is 572 g/mol. The van der Waals surface area contributed by atoms with Crippen molar-refractivity contribution in [3.8, 4) is 17.2 Å². The number of carbonyl (C=O) groups excluding carboxylic acids is 1. The summed E-state index contributed by atoms with van der Waals surface area (Å²) in [5.41, 5.74) is 3.38. The summed E-state index contributed by atoms with van der Waals surface area (Å²) in [5.74, 6) is 3.29. The molecular formula is C31H37N7O4. The lowest BCUT2D eigenvalue weighted by molar-refractivity contribution is -0.176. The first-order valence-electron chi connectivity index (χ1n) is 14.6. The standard InChI is InChI=1S/C31H37N7O4/c1-30(2,3)24-12-25(36-38(24)20-13-31(14-20)16-41-17-31)34-29-35-28-26(37(29)4)27(40-5)23(15-33-28)42-21-8-9-32-19(10-21)11-22(39)18-6-7-18/h8-10,12,15,18,20H,6-7,11,13-14,16-17H2,1-5H3,(H,33,34,35,36). The highest BCUT2D eigenvalue weighted by molar-refractivity contribution is 5.85. The number of hydrogen-bond acceptors (Lipinski definition) is 9. The third kappa shape index (κ3) is 4.79. The van der Waals surface area contributed by atoms with Gasteiger partial charge in [-0.2, -0.15) is 10.1 Å². The van der Waals surface area contributed by atoms with E-state index in [1.165, 1.54) is 5.69 Å². The Kier molecular flexibility index (Phi) is 6.27. The Hall–Kier alpha value is -3.99. The summed E-state index contributed by atoms with van der Waals surface area (Å²) in [6.07, 6.45) is 7.74. The highest BCUT2D eigenvalue weighted by atomic mass is 16.5. The second kappa shape index (κ2) is 9.79. The van der Waals surface area contributed by atoms with E-state index >= 15 is 0 Å². The number of rotatable bonds is 9. The van der Waals surface area contributed by atoms with Gasteiger partial charge in [0, 0.05) is 54.2 Å². The van der Waals surface area contributed by atoms with E-state index in [0.717, 1.165) is 44.7 Å². The molecule has 1 spiro atoms. The number of hydrogen-bond donors (Lipinski definition) is 1. The van der Waals surface area contributed by atoms with Gasteiger partial charge in [-0.3, -0.25) is 14.5 Å². The van der Waals surface area contributed by atoms with Crippen LogP contribution in [-0.4, -0.2) is 55.4 Å². The lowest BCUT2D eigenvalue weighted by Gasteiger charge is -2.53. The molecule has 0 amide bonds. The number of imidazole rings is 1. The Labute approximate surface area is 244 Å². The van der Waals surface area contributed by atoms with Crippen molar-refractivity contribution in [2.75, 3.05) is 25.6 Å². The fourth-order valence-electron chi connectivity index (χ4n) is 6.12. The summed E-state index contributed by atoms with van der Waals surface area (Å²) in [5, 5.41) is 8.42. The molecule has 2 saturated carbocycles. The maximum atomic E-state index is 12.3. The van der Waals surface area contributed by atoms with Gasteiger partial charge in [0.25, 0.3) is 0 Å². The maximum Gasteiger partial charge on any atom is 0.211 e. The number of fused-ring (bicyclic) bond motifs is 1. The number of methoxy groups -OCH3 is 1. The van der Waals surface area contributed by atoms with Gasteiger partial charge >= 0.3 is 0 Å². The molecule has 1 aliphatic heterocycles. The van der Waals surface area contributed by atoms with E-state index in [9.17, 15) is 4.79 Å². The van der Waals surface area contributed by atoms with Crippen molar-refractivity contribution >= 4 is 28.7 Å². The van der Waals surface area contributed by atoms with E-state index in [1.807, 2.05) is 11.6 Å². The number of aryl methyl sites for hydroxylation is 1. The van der Waals surface area contributed by atoms with Gasteiger partial charge in [0.2, 0.25) is 5.95 Å². The van der Waals surface area contributed by atoms with Crippen LogP contribution in [0.1, 0.15) is 63.9 Å². The summed E-state index contributed by atoms with van der Waals surface area (Å²) in [4.78, 5) is 26.0. The molecule has 42 heavy (non-hydrogen) atoms. The predicted molar refractivity (Wildman–Crippen MR) is 157 cm³/mol. The van der Waals surface area contributed by atoms with Gasteiger partial charge in [-0.1, -0.05) is 20.8 Å². The first-order valence-corrected chi connectivity index (χ1v) is 14.6. The maximum absolute atomic E-state index is 12.3. The van der Waals surface area contributed by atoms with Crippen LogP contribution in [0, 0.1) is 11.3 Å². The number of ether oxygens (including phenoxy) is 3. The number of ketones is 1. The van der Waals surface area contributed by atoms with Gasteiger partial charge in [0.1, 0.15) is 17.0 Å². The van der Waals surface area contributed by atoms with Crippen LogP contribution in [0.5, 0.6) is 17.2 Å². The van der Waals surface area contributed by atoms with Crippen LogP contribution in [0.4, 0.5) is 11.8 Å². The monoisotopic (exact) mass is 571 g/mol. The summed E-state index contributed by atoms with van der Waals surface area (Å²) in [7, 11) is 3.51. The normalized spacial score (nSPS) is 18.1. The lowest BCUT2D eigenvalue weighted by atomic mass is 9.64. The summed E-state index contributed by atoms with van der Waals surface area (Å²) in [6, 6.07) is 6.05. The lowest BCUT2D eigenvalue weighted by Crippen LogP contribution is -2.53. The summed E-state index contributed by atoms with van der Waals surface area (Å²) >= 11 is 0. The van der Waals surface area contributed by atoms with Crippen molar-refractivity contribution in [3.63, 3.8) is 0 Å². The van der Waals surface area contributed by atoms with Crippen molar-refractivity contribution in [3.05, 3.63) is 42.0 Å². The van der Waals surface area contributed by atoms with Crippen molar-refractivity contribution in [1.82, 2.24) is 29.3 Å². The number of Topliss-reactive ketones (excluding diaryl/α,β-unsaturated/α-hetero) is 1. The Morgan fingerprint density at radius 1 is 1.19 bits per heavy atom. The number of nitrogens with one attached hydrogen (secondary N) is 1. The van der Waals surface area contributed by atoms with Crippen LogP contribution < -0.4 is 14.8 Å². The average Bonchev–Trinajstić information content (AvgIpc) is 3.59. The van der Waals surface area contributed by atoms with E-state index < -0.39 is 0 Å². The summed E-state index contributed by atoms with van der Waals surface area (Å²) < 4.78 is 21.6. The molecule has 2 aliphatic carbocycles. The van der Waals surface area contributed by atoms with Crippen molar-refractivity contribution < 1.29 is 19.0 Å². The number of pyridine rings is 2. The van der Waals surface area contributed by atoms with E-state index in [4.69, 9.17) is 24.3 Å². The first-order chi connectivity index (χ1) is 20.1. The van der Waals surface area contributed by atoms with Crippen molar-refractivity contribution in [1.29, 1.82) is 0 Å². The van der Waals surface area contributed by atoms with Crippen molar-refractivity contribution in [2.45, 2.75) is 64.3 Å². The molecule has 1 N–H and O–H groups in total. The molecule has 7 rings (SSSR count). The first kappa shape index (κ1) is 26.9. The van der Waals surface area contributed by atoms with Crippen LogP contribution in [0.3, 0.4) is 0 Å². The molecule has 11 heteroatoms. The summed E-state index contributed by atoms with van der Waals surface area (Å²) in [6.45, 7) is 8.38. The molecule has 11 nitrogen and oxygen atoms in total. The number of carbonyl (C=O) groups is 1. The SMILES string of the molecule is COc1c(Oc2ccnc(CC(=O)C3CC3)c2)cnc2nc(Nc3cc(C(C)(C)C)n(C4CC5(COC5)C4)n3)n(C)c12. The van der Waals surface area contributed by atoms with Crippen LogP contribution in [0.25, 0.3) is 11.2 Å². The van der Waals surface area contributed by atoms with Gasteiger partial charge in [-0.05, 0) is 31.7 Å². The second-order valence-electron chi connectivity index (χ2n) is 13.1. The minimum Gasteiger partial charge on any atom is -0.491 e. The van der Waals surface area contributed by atoms with E-state index in [-0.39, 0.29) is 17.1 Å². The van der Waals surface area contributed by atoms with E-state index in [0.29, 0.717) is 57.9 Å². The largest absolute Gasteiger partial charge is 0.491 e. The van der Waals surface area contributed by atoms with Crippen molar-refractivity contribution in [2.24, 2.45) is 18.4 Å². The molecular weight excluding hydrogens is 534 g/mol. The minimum absolute atomic E-state index is 0.0623. The fraction of sp³-hybridized carbons (Fsp3) is 0.516. The molecule has 3 fully saturated rings. The number of nitrogens with zero attached hydrogens (tertiary/aromatic N) is 6. The molecule has 1 saturated heterocycles. The van der Waals surface area contributed by atoms with E-state index in [1.54, 1.807) is 31.6 Å². The molecule has 0 atom stereocenters. The highest BCUT2D eigenvalue weighted by Crippen LogP contribution is 2.54. The quantitative estimate of drug-likeness (QED) is 0.286. The topological polar surface area (TPSA) is 118 Å². The zero-order chi connectivity index (χ0) is 29.2. The van der Waals surface area contributed by atoms with Gasteiger partial charge in [0.15, 0.2) is 23.0 Å². The zero-order valence-electron chi connectivity index (χ0n) is 24.8. The molecule has 4 aromatic heterocycles. The van der Waals surface area contributed by atoms with Crippen LogP contribution in [0.15, 0.2) is 30.6 Å². The number of anilines is 2. The smallest absolute Gasteiger partial charge is 0.211 e. The van der Waals surface area contributed by atoms with Gasteiger partial charge < -0.3 is 24.1 Å². The van der Waals surface area contributed by atoms with E-state index in [2.05, 4.69) is 46.8 Å². The second-order valence-corrected chi connectivity index (χ2v) is 13.1. The Balaban J connectivity index is 1.15. The molecule has 0 bridgehead atoms. The van der Waals surface area contributed by atoms with Gasteiger partial charge in [-0.15, -0.1) is 0 Å². The van der Waals surface area contributed by atoms with Gasteiger partial charge in [-0.25, -0.2) is 4.98 Å². The zero-order valence-corrected chi connectivity index (χ0v) is 24.8. The Morgan fingerprint density at radius 2 is 1.98 bits per heavy atom. The molecule has 220 valence electrons. The highest BCUT2D eigenvalue weighted by Gasteiger charge is 2.51. The van der Waals surface area contributed by atoms with Gasteiger partial charge in [0.05, 0.1) is 38.3 Å². The molecule has 0 radical (unpaired) electrons. The molecule has 0 unspecified atom stereocenters. The molecule has 0 aromatic carbocycles. The molecule has 4 aromatic rings. The molecule has 3 aliphatic rings. The fourth-order valence-corrected chi connectivity index (χ4v) is 6.12.